The van der Waals surface area contributed by atoms with E-state index >= 15 is 0 Å². The molecule has 0 saturated heterocycles. The molecule has 0 unspecified atom stereocenters. The Morgan fingerprint density at radius 3 is 2.21 bits per heavy atom. The zero-order chi connectivity index (χ0) is 20.8. The third kappa shape index (κ3) is 4.48. The molecule has 0 aliphatic carbocycles. The first-order valence-electron chi connectivity index (χ1n) is 9.15. The van der Waals surface area contributed by atoms with E-state index in [9.17, 15) is 4.79 Å². The topological polar surface area (TPSA) is 60.9 Å². The van der Waals surface area contributed by atoms with Crippen molar-refractivity contribution in [3.63, 3.8) is 0 Å². The number of carbonyl (C=O) groups excluding carboxylic acids is 1. The molecule has 2 aromatic carbocycles. The van der Waals surface area contributed by atoms with Crippen molar-refractivity contribution in [1.82, 2.24) is 4.98 Å². The zero-order valence-electron chi connectivity index (χ0n) is 17.0. The lowest BCUT2D eigenvalue weighted by atomic mass is 10.1. The quantitative estimate of drug-likeness (QED) is 0.601. The number of pyridine rings is 1. The average molecular weight is 392 g/mol. The molecule has 1 amide bonds. The van der Waals surface area contributed by atoms with Crippen LogP contribution in [0, 0.1) is 6.92 Å². The average Bonchev–Trinajstić information content (AvgIpc) is 2.76. The van der Waals surface area contributed by atoms with Crippen LogP contribution in [0.5, 0.6) is 17.2 Å². The molecule has 29 heavy (non-hydrogen) atoms. The molecule has 3 aromatic rings. The Morgan fingerprint density at radius 1 is 0.931 bits per heavy atom. The largest absolute Gasteiger partial charge is 0.493 e. The van der Waals surface area contributed by atoms with Gasteiger partial charge in [0, 0.05) is 11.8 Å². The lowest BCUT2D eigenvalue weighted by Gasteiger charge is -2.23. The van der Waals surface area contributed by atoms with Gasteiger partial charge in [-0.2, -0.15) is 0 Å². The highest BCUT2D eigenvalue weighted by molar-refractivity contribution is 6.05. The molecule has 3 rings (SSSR count). The van der Waals surface area contributed by atoms with Crippen molar-refractivity contribution in [2.75, 3.05) is 26.2 Å². The molecule has 1 aromatic heterocycles. The molecule has 0 radical (unpaired) electrons. The fourth-order valence-corrected chi connectivity index (χ4v) is 3.11. The minimum Gasteiger partial charge on any atom is -0.493 e. The molecule has 0 bridgehead atoms. The Hall–Kier alpha value is -3.54. The van der Waals surface area contributed by atoms with Crippen molar-refractivity contribution in [3.05, 3.63) is 77.5 Å². The predicted octanol–water partition coefficient (Wildman–Crippen LogP) is 4.26. The second-order valence-electron chi connectivity index (χ2n) is 6.48. The standard InChI is InChI=1S/C23H24N2O4/c1-16-8-7-9-18(12-16)23(26)25(21-10-5-6-11-24-21)15-17-13-19(27-2)22(29-4)20(14-17)28-3/h5-14H,15H2,1-4H3. The summed E-state index contributed by atoms with van der Waals surface area (Å²) in [6.45, 7) is 2.25. The van der Waals surface area contributed by atoms with Gasteiger partial charge in [-0.3, -0.25) is 9.69 Å². The van der Waals surface area contributed by atoms with E-state index in [-0.39, 0.29) is 5.91 Å². The molecule has 0 atom stereocenters. The van der Waals surface area contributed by atoms with Gasteiger partial charge in [0.25, 0.3) is 5.91 Å². The number of hydrogen-bond donors (Lipinski definition) is 0. The van der Waals surface area contributed by atoms with Crippen LogP contribution in [-0.4, -0.2) is 32.2 Å². The van der Waals surface area contributed by atoms with Gasteiger partial charge < -0.3 is 14.2 Å². The van der Waals surface area contributed by atoms with Crippen LogP contribution in [0.3, 0.4) is 0 Å². The summed E-state index contributed by atoms with van der Waals surface area (Å²) in [4.78, 5) is 19.3. The molecular weight excluding hydrogens is 368 g/mol. The minimum atomic E-state index is -0.138. The van der Waals surface area contributed by atoms with E-state index in [0.717, 1.165) is 11.1 Å². The smallest absolute Gasteiger partial charge is 0.259 e. The van der Waals surface area contributed by atoms with Gasteiger partial charge in [-0.15, -0.1) is 0 Å². The molecular formula is C23H24N2O4. The van der Waals surface area contributed by atoms with Crippen LogP contribution < -0.4 is 19.1 Å². The number of nitrogens with zero attached hydrogens (tertiary/aromatic N) is 2. The highest BCUT2D eigenvalue weighted by Gasteiger charge is 2.21. The monoisotopic (exact) mass is 392 g/mol. The van der Waals surface area contributed by atoms with Crippen LogP contribution in [0.15, 0.2) is 60.8 Å². The van der Waals surface area contributed by atoms with Crippen LogP contribution in [0.25, 0.3) is 0 Å². The summed E-state index contributed by atoms with van der Waals surface area (Å²) in [6, 6.07) is 16.7. The third-order valence-corrected chi connectivity index (χ3v) is 4.50. The maximum atomic E-state index is 13.3. The Labute approximate surface area is 170 Å². The van der Waals surface area contributed by atoms with E-state index < -0.39 is 0 Å². The lowest BCUT2D eigenvalue weighted by Crippen LogP contribution is -2.31. The molecule has 0 N–H and O–H groups in total. The van der Waals surface area contributed by atoms with Gasteiger partial charge in [-0.25, -0.2) is 4.98 Å². The molecule has 150 valence electrons. The van der Waals surface area contributed by atoms with E-state index in [2.05, 4.69) is 4.98 Å². The third-order valence-electron chi connectivity index (χ3n) is 4.50. The Morgan fingerprint density at radius 2 is 1.66 bits per heavy atom. The van der Waals surface area contributed by atoms with Crippen molar-refractivity contribution >= 4 is 11.7 Å². The first kappa shape index (κ1) is 20.2. The van der Waals surface area contributed by atoms with E-state index in [0.29, 0.717) is 35.2 Å². The van der Waals surface area contributed by atoms with E-state index in [1.54, 1.807) is 38.5 Å². The van der Waals surface area contributed by atoms with E-state index in [1.807, 2.05) is 55.5 Å². The van der Waals surface area contributed by atoms with Gasteiger partial charge in [0.2, 0.25) is 5.75 Å². The highest BCUT2D eigenvalue weighted by atomic mass is 16.5. The number of benzene rings is 2. The molecule has 0 aliphatic heterocycles. The highest BCUT2D eigenvalue weighted by Crippen LogP contribution is 2.38. The summed E-state index contributed by atoms with van der Waals surface area (Å²) in [7, 11) is 4.69. The first-order chi connectivity index (χ1) is 14.1. The molecule has 6 heteroatoms. The number of methoxy groups -OCH3 is 3. The maximum absolute atomic E-state index is 13.3. The Kier molecular flexibility index (Phi) is 6.34. The van der Waals surface area contributed by atoms with Gasteiger partial charge in [-0.05, 0) is 48.9 Å². The maximum Gasteiger partial charge on any atom is 0.259 e. The number of rotatable bonds is 7. The SMILES string of the molecule is COc1cc(CN(C(=O)c2cccc(C)c2)c2ccccn2)cc(OC)c1OC. The molecule has 1 heterocycles. The second-order valence-corrected chi connectivity index (χ2v) is 6.48. The van der Waals surface area contributed by atoms with Crippen LogP contribution >= 0.6 is 0 Å². The van der Waals surface area contributed by atoms with Crippen molar-refractivity contribution in [2.45, 2.75) is 13.5 Å². The number of hydrogen-bond acceptors (Lipinski definition) is 5. The summed E-state index contributed by atoms with van der Waals surface area (Å²) in [6.07, 6.45) is 1.67. The fourth-order valence-electron chi connectivity index (χ4n) is 3.11. The molecule has 0 fully saturated rings. The van der Waals surface area contributed by atoms with Crippen LogP contribution in [0.4, 0.5) is 5.82 Å². The summed E-state index contributed by atoms with van der Waals surface area (Å²) in [5, 5.41) is 0. The van der Waals surface area contributed by atoms with Crippen LogP contribution in [-0.2, 0) is 6.54 Å². The van der Waals surface area contributed by atoms with Crippen molar-refractivity contribution in [1.29, 1.82) is 0 Å². The molecule has 0 aliphatic rings. The minimum absolute atomic E-state index is 0.138. The number of carbonyl (C=O) groups is 1. The van der Waals surface area contributed by atoms with Gasteiger partial charge in [0.15, 0.2) is 11.5 Å². The van der Waals surface area contributed by atoms with E-state index in [4.69, 9.17) is 14.2 Å². The van der Waals surface area contributed by atoms with Gasteiger partial charge in [0.05, 0.1) is 27.9 Å². The van der Waals surface area contributed by atoms with Gasteiger partial charge in [0.1, 0.15) is 5.82 Å². The lowest BCUT2D eigenvalue weighted by molar-refractivity contribution is 0.0984. The number of aryl methyl sites for hydroxylation is 1. The van der Waals surface area contributed by atoms with Crippen molar-refractivity contribution < 1.29 is 19.0 Å². The number of aromatic nitrogens is 1. The second kappa shape index (κ2) is 9.10. The fraction of sp³-hybridized carbons (Fsp3) is 0.217. The zero-order valence-corrected chi connectivity index (χ0v) is 17.0. The summed E-state index contributed by atoms with van der Waals surface area (Å²) in [5.41, 5.74) is 2.44. The molecule has 6 nitrogen and oxygen atoms in total. The predicted molar refractivity (Wildman–Crippen MR) is 112 cm³/mol. The van der Waals surface area contributed by atoms with Crippen LogP contribution in [0.1, 0.15) is 21.5 Å². The summed E-state index contributed by atoms with van der Waals surface area (Å²) >= 11 is 0. The molecule has 0 spiro atoms. The van der Waals surface area contributed by atoms with Crippen molar-refractivity contribution in [3.8, 4) is 17.2 Å². The summed E-state index contributed by atoms with van der Waals surface area (Å²) in [5.74, 6) is 2.00. The van der Waals surface area contributed by atoms with Gasteiger partial charge >= 0.3 is 0 Å². The van der Waals surface area contributed by atoms with Crippen molar-refractivity contribution in [2.24, 2.45) is 0 Å². The Balaban J connectivity index is 2.03. The van der Waals surface area contributed by atoms with E-state index in [1.165, 1.54) is 0 Å². The molecule has 0 saturated carbocycles. The van der Waals surface area contributed by atoms with Crippen LogP contribution in [0.2, 0.25) is 0 Å². The first-order valence-corrected chi connectivity index (χ1v) is 9.15. The number of anilines is 1. The number of amides is 1. The normalized spacial score (nSPS) is 10.3. The van der Waals surface area contributed by atoms with Gasteiger partial charge in [-0.1, -0.05) is 23.8 Å². The Bertz CT molecular complexity index is 964. The summed E-state index contributed by atoms with van der Waals surface area (Å²) < 4.78 is 16.3. The number of ether oxygens (including phenoxy) is 3.